The van der Waals surface area contributed by atoms with Crippen molar-refractivity contribution < 1.29 is 53.3 Å². The number of methoxy groups -OCH3 is 1. The lowest BCUT2D eigenvalue weighted by atomic mass is 9.61. The van der Waals surface area contributed by atoms with Crippen LogP contribution in [0.15, 0.2) is 24.3 Å². The Morgan fingerprint density at radius 2 is 1.62 bits per heavy atom. The fourth-order valence-electron chi connectivity index (χ4n) is 11.0. The lowest BCUT2D eigenvalue weighted by Gasteiger charge is -2.61. The molecule has 0 aromatic carbocycles. The number of hydrogen-bond acceptors (Lipinski definition) is 12. The summed E-state index contributed by atoms with van der Waals surface area (Å²) < 4.78 is 45.9. The molecule has 0 radical (unpaired) electrons. The molecule has 11 bridgehead atoms. The van der Waals surface area contributed by atoms with Gasteiger partial charge in [0.15, 0.2) is 5.79 Å². The van der Waals surface area contributed by atoms with Crippen LogP contribution >= 0.6 is 0 Å². The Morgan fingerprint density at radius 1 is 0.827 bits per heavy atom. The Kier molecular flexibility index (Phi) is 11.1. The molecule has 52 heavy (non-hydrogen) atoms. The number of aliphatic hydroxyl groups excluding tert-OH is 2. The van der Waals surface area contributed by atoms with Gasteiger partial charge in [-0.15, -0.1) is 0 Å². The van der Waals surface area contributed by atoms with E-state index in [4.69, 9.17) is 38.9 Å². The lowest BCUT2D eigenvalue weighted by Crippen LogP contribution is -2.70. The van der Waals surface area contributed by atoms with Gasteiger partial charge in [-0.25, -0.2) is 0 Å². The van der Waals surface area contributed by atoms with E-state index in [-0.39, 0.29) is 98.2 Å². The maximum Gasteiger partial charge on any atom is 0.168 e. The van der Waals surface area contributed by atoms with Crippen LogP contribution in [0.5, 0.6) is 0 Å². The Morgan fingerprint density at radius 3 is 2.42 bits per heavy atom. The van der Waals surface area contributed by atoms with Crippen LogP contribution in [0.2, 0.25) is 0 Å². The molecule has 1 aliphatic carbocycles. The molecule has 12 heteroatoms. The van der Waals surface area contributed by atoms with E-state index < -0.39 is 42.4 Å². The van der Waals surface area contributed by atoms with E-state index >= 15 is 0 Å². The van der Waals surface area contributed by atoms with E-state index in [2.05, 4.69) is 13.2 Å². The molecule has 0 aromatic heterocycles. The van der Waals surface area contributed by atoms with Crippen LogP contribution in [0, 0.1) is 17.8 Å². The van der Waals surface area contributed by atoms with E-state index in [1.807, 2.05) is 0 Å². The Bertz CT molecular complexity index is 1330. The van der Waals surface area contributed by atoms with E-state index in [1.54, 1.807) is 7.11 Å². The van der Waals surface area contributed by atoms with Crippen molar-refractivity contribution in [2.24, 2.45) is 23.5 Å². The van der Waals surface area contributed by atoms with Crippen molar-refractivity contribution in [3.05, 3.63) is 24.3 Å². The number of ketones is 1. The SMILES string of the molecule is C=C1C[C@@H]2CC[C@@]3(O)C[C@@H](O)[C@@H]4CC5C4O[C@H]4CC[C@H](CC(=O)C[C@@H]6[C@@H](OC)[C@@H](C[C@H](O)CN)O[C@H]6C[C@H]6O[C@H](CCC6=C)CC[C@@H]1O2)O[C@@H]4[C@@H]5O3. The number of aliphatic hydroxyl groups is 3. The van der Waals surface area contributed by atoms with Gasteiger partial charge in [0, 0.05) is 69.9 Å². The van der Waals surface area contributed by atoms with Crippen LogP contribution in [0.25, 0.3) is 0 Å². The molecule has 8 aliphatic heterocycles. The molecule has 0 spiro atoms. The zero-order valence-electron chi connectivity index (χ0n) is 30.7. The third-order valence-corrected chi connectivity index (χ3v) is 13.9. The summed E-state index contributed by atoms with van der Waals surface area (Å²) in [6.07, 6.45) is 4.13. The summed E-state index contributed by atoms with van der Waals surface area (Å²) in [4.78, 5) is 14.0. The highest BCUT2D eigenvalue weighted by molar-refractivity contribution is 5.79. The first-order valence-electron chi connectivity index (χ1n) is 20.1. The predicted octanol–water partition coefficient (Wildman–Crippen LogP) is 3.02. The van der Waals surface area contributed by atoms with Crippen LogP contribution < -0.4 is 5.73 Å². The summed E-state index contributed by atoms with van der Waals surface area (Å²) in [5, 5.41) is 33.8. The van der Waals surface area contributed by atoms with Gasteiger partial charge in [0.25, 0.3) is 0 Å². The molecule has 2 unspecified atom stereocenters. The van der Waals surface area contributed by atoms with Gasteiger partial charge in [-0.05, 0) is 68.9 Å². The largest absolute Gasteiger partial charge is 0.393 e. The second kappa shape index (κ2) is 15.3. The molecular formula is C40H61NO11. The van der Waals surface area contributed by atoms with Crippen molar-refractivity contribution in [2.45, 2.75) is 188 Å². The molecule has 0 aromatic rings. The highest BCUT2D eigenvalue weighted by atomic mass is 16.7. The van der Waals surface area contributed by atoms with Crippen LogP contribution in [-0.4, -0.2) is 126 Å². The molecule has 9 fully saturated rings. The zero-order valence-corrected chi connectivity index (χ0v) is 30.7. The van der Waals surface area contributed by atoms with Gasteiger partial charge in [-0.1, -0.05) is 13.2 Å². The Labute approximate surface area is 307 Å². The van der Waals surface area contributed by atoms with Gasteiger partial charge < -0.3 is 54.2 Å². The first-order chi connectivity index (χ1) is 25.0. The average Bonchev–Trinajstić information content (AvgIpc) is 3.61. The third kappa shape index (κ3) is 7.48. The number of hydrogen-bond donors (Lipinski definition) is 4. The molecule has 8 heterocycles. The number of Topliss-reactive ketones (excluding diaryl/α,β-unsaturated/α-hetero) is 1. The lowest BCUT2D eigenvalue weighted by molar-refractivity contribution is -0.369. The van der Waals surface area contributed by atoms with Crippen LogP contribution in [0.4, 0.5) is 0 Å². The van der Waals surface area contributed by atoms with E-state index in [9.17, 15) is 20.1 Å². The molecular weight excluding hydrogens is 670 g/mol. The van der Waals surface area contributed by atoms with Gasteiger partial charge in [-0.2, -0.15) is 0 Å². The number of carbonyl (C=O) groups is 1. The molecule has 292 valence electrons. The number of nitrogens with two attached hydrogens (primary N) is 1. The van der Waals surface area contributed by atoms with E-state index in [1.165, 1.54) is 0 Å². The van der Waals surface area contributed by atoms with Crippen molar-refractivity contribution in [2.75, 3.05) is 13.7 Å². The average molecular weight is 732 g/mol. The van der Waals surface area contributed by atoms with Gasteiger partial charge in [0.2, 0.25) is 0 Å². The maximum absolute atomic E-state index is 14.0. The number of rotatable bonds is 4. The van der Waals surface area contributed by atoms with Crippen molar-refractivity contribution in [1.29, 1.82) is 0 Å². The molecule has 1 saturated carbocycles. The highest BCUT2D eigenvalue weighted by Crippen LogP contribution is 2.54. The minimum atomic E-state index is -1.53. The van der Waals surface area contributed by atoms with E-state index in [0.717, 1.165) is 49.7 Å². The fourth-order valence-corrected chi connectivity index (χ4v) is 11.0. The third-order valence-electron chi connectivity index (χ3n) is 13.9. The van der Waals surface area contributed by atoms with Crippen molar-refractivity contribution in [1.82, 2.24) is 0 Å². The van der Waals surface area contributed by atoms with E-state index in [0.29, 0.717) is 38.5 Å². The Balaban J connectivity index is 1.06. The smallest absolute Gasteiger partial charge is 0.168 e. The standard InChI is InChI=1S/C40H61NO11/c1-20-4-5-24-6-8-31-21(2)12-26(48-31)10-11-40(45)18-30(44)27-16-29-36(27)51-32-9-7-25(49-39(32)38(29)52-40)13-22(42)14-28-34(17-33(20)47-24)50-35(37(28)46-3)15-23(43)19-41/h23-39,43-45H,1-2,4-19,41H2,3H3/t23-,24+,25+,26-,27-,28-,29?,30+,31-,32-,33+,34-,35+,36?,37+,38+,39-,40-/m0/s1. The second-order valence-corrected chi connectivity index (χ2v) is 17.4. The van der Waals surface area contributed by atoms with Crippen molar-refractivity contribution in [3.8, 4) is 0 Å². The Hall–Kier alpha value is -1.29. The zero-order chi connectivity index (χ0) is 36.3. The minimum Gasteiger partial charge on any atom is -0.393 e. The first kappa shape index (κ1) is 37.6. The molecule has 18 atom stereocenters. The van der Waals surface area contributed by atoms with Crippen LogP contribution in [-0.2, 0) is 38.0 Å². The number of carbonyl (C=O) groups excluding carboxylic acids is 1. The minimum absolute atomic E-state index is 0.00990. The van der Waals surface area contributed by atoms with Crippen molar-refractivity contribution in [3.63, 3.8) is 0 Å². The summed E-state index contributed by atoms with van der Waals surface area (Å²) >= 11 is 0. The quantitative estimate of drug-likeness (QED) is 0.313. The fraction of sp³-hybridized carbons (Fsp3) is 0.875. The van der Waals surface area contributed by atoms with Crippen molar-refractivity contribution >= 4 is 5.78 Å². The molecule has 12 nitrogen and oxygen atoms in total. The highest BCUT2D eigenvalue weighted by Gasteiger charge is 2.62. The second-order valence-electron chi connectivity index (χ2n) is 17.4. The summed E-state index contributed by atoms with van der Waals surface area (Å²) in [5.74, 6) is -1.74. The predicted molar refractivity (Wildman–Crippen MR) is 188 cm³/mol. The molecule has 8 saturated heterocycles. The summed E-state index contributed by atoms with van der Waals surface area (Å²) in [7, 11) is 1.64. The number of fused-ring (bicyclic) bond motifs is 7. The number of ether oxygens (including phenoxy) is 7. The first-order valence-corrected chi connectivity index (χ1v) is 20.1. The van der Waals surface area contributed by atoms with Gasteiger partial charge >= 0.3 is 0 Å². The normalized spacial score (nSPS) is 50.4. The van der Waals surface area contributed by atoms with Crippen LogP contribution in [0.3, 0.4) is 0 Å². The summed E-state index contributed by atoms with van der Waals surface area (Å²) in [6, 6.07) is 0. The monoisotopic (exact) mass is 731 g/mol. The molecule has 0 amide bonds. The molecule has 9 aliphatic rings. The van der Waals surface area contributed by atoms with Crippen LogP contribution in [0.1, 0.15) is 96.3 Å². The van der Waals surface area contributed by atoms with Gasteiger partial charge in [0.1, 0.15) is 11.9 Å². The summed E-state index contributed by atoms with van der Waals surface area (Å²) in [6.45, 7) is 8.85. The maximum atomic E-state index is 14.0. The topological polar surface area (TPSA) is 168 Å². The molecule has 5 N–H and O–H groups in total. The summed E-state index contributed by atoms with van der Waals surface area (Å²) in [5.41, 5.74) is 7.88. The van der Waals surface area contributed by atoms with Gasteiger partial charge in [0.05, 0.1) is 79.4 Å². The molecule has 9 rings (SSSR count). The van der Waals surface area contributed by atoms with Gasteiger partial charge in [-0.3, -0.25) is 4.79 Å².